The van der Waals surface area contributed by atoms with Gasteiger partial charge in [-0.05, 0) is 97.4 Å². The van der Waals surface area contributed by atoms with Crippen molar-refractivity contribution in [3.05, 3.63) is 18.1 Å². The van der Waals surface area contributed by atoms with Gasteiger partial charge in [0, 0.05) is 45.4 Å². The minimum Gasteiger partial charge on any atom is 0 e. The molecule has 12 atom stereocenters. The molecule has 1 saturated heterocycles. The van der Waals surface area contributed by atoms with Crippen molar-refractivity contribution >= 4 is 66.1 Å². The summed E-state index contributed by atoms with van der Waals surface area (Å²) in [7, 11) is 0. The molecule has 5 aliphatic rings. The van der Waals surface area contributed by atoms with Crippen LogP contribution in [0.3, 0.4) is 0 Å². The standard InChI is InChI=1S/C34H55O7.3HI.V.Y/c1-20(2)7-6-8-21(3)25-11-12-26-24-10-9-22-17-23(13-15-33(22,4)27(24)14-16-34(25,26)5)40-32(38)39-19-29-31(37)28(35)18-30(36)41-29;;;;;/h9,18,20-21,23-31,35-37H,6-8,10-17,19H2,1-5H3;3*1H;;/q-1;;;;+3;/p-3/t21-,23+,24+,25-,26+,27+,28?,29?,30?,31?,33+,34-;;;;;/m0...../s1. The van der Waals surface area contributed by atoms with Gasteiger partial charge < -0.3 is 29.5 Å². The Morgan fingerprint density at radius 2 is 1.76 bits per heavy atom. The molecule has 263 valence electrons. The number of carbonyl (C=O) groups is 1. The summed E-state index contributed by atoms with van der Waals surface area (Å²) < 4.78 is 16.1. The number of rotatable bonds is 8. The van der Waals surface area contributed by atoms with Crippen molar-refractivity contribution < 1.29 is 72.0 Å². The summed E-state index contributed by atoms with van der Waals surface area (Å²) in [6, 6.07) is 0. The van der Waals surface area contributed by atoms with Crippen LogP contribution in [0.25, 0.3) is 0 Å². The van der Waals surface area contributed by atoms with Crippen LogP contribution in [0.2, 0.25) is 0 Å². The van der Waals surface area contributed by atoms with Crippen LogP contribution in [0.15, 0.2) is 11.6 Å². The summed E-state index contributed by atoms with van der Waals surface area (Å²) >= 11 is 7.39. The SMILES string of the molecule is CC(C)CCC[C@H](C)[C@@H]1CC[C@@H]2[C@H]3CC=C4C[C@H](OC(=O)OCC5OC(O)[CH-]C(O)C5O)CC[C@@]4(C)[C@@H]3CC[C@]21C.[I][V]([I])[I].[Y]. The van der Waals surface area contributed by atoms with E-state index in [1.807, 2.05) is 0 Å². The molecule has 0 aromatic rings. The van der Waals surface area contributed by atoms with E-state index in [-0.39, 0.29) is 55.8 Å². The quantitative estimate of drug-likeness (QED) is 0.0967. The molecular formula is C34H55I3O7VY-. The van der Waals surface area contributed by atoms with Crippen LogP contribution < -0.4 is 0 Å². The Hall–Kier alpha value is 2.73. The predicted molar refractivity (Wildman–Crippen MR) is 199 cm³/mol. The topological polar surface area (TPSA) is 105 Å². The van der Waals surface area contributed by atoms with E-state index in [9.17, 15) is 20.1 Å². The van der Waals surface area contributed by atoms with Gasteiger partial charge in [-0.1, -0.05) is 65.5 Å². The van der Waals surface area contributed by atoms with E-state index >= 15 is 0 Å². The molecule has 4 unspecified atom stereocenters. The van der Waals surface area contributed by atoms with E-state index in [4.69, 9.17) is 14.2 Å². The van der Waals surface area contributed by atoms with E-state index in [0.717, 1.165) is 61.7 Å². The molecule has 4 aliphatic carbocycles. The van der Waals surface area contributed by atoms with E-state index in [1.54, 1.807) is 0 Å². The maximum absolute atomic E-state index is 12.5. The van der Waals surface area contributed by atoms with Crippen LogP contribution in [0.1, 0.15) is 105 Å². The normalized spacial score (nSPS) is 40.7. The van der Waals surface area contributed by atoms with Gasteiger partial charge in [-0.25, -0.2) is 11.2 Å². The maximum Gasteiger partial charge on any atom is 0 e. The van der Waals surface area contributed by atoms with Gasteiger partial charge in [0.05, 0.1) is 6.10 Å². The van der Waals surface area contributed by atoms with Crippen LogP contribution in [0, 0.1) is 52.8 Å². The van der Waals surface area contributed by atoms with Gasteiger partial charge in [0.1, 0.15) is 18.8 Å². The van der Waals surface area contributed by atoms with Crippen molar-refractivity contribution in [2.75, 3.05) is 6.61 Å². The van der Waals surface area contributed by atoms with Crippen LogP contribution in [0.5, 0.6) is 0 Å². The van der Waals surface area contributed by atoms with Crippen molar-refractivity contribution in [3.8, 4) is 0 Å². The number of hydrogen-bond acceptors (Lipinski definition) is 7. The van der Waals surface area contributed by atoms with Crippen LogP contribution in [-0.2, 0) is 51.8 Å². The number of aliphatic hydroxyl groups excluding tert-OH is 3. The molecule has 1 heterocycles. The molecule has 0 aromatic carbocycles. The molecule has 1 radical (unpaired) electrons. The first-order valence-electron chi connectivity index (χ1n) is 17.0. The fourth-order valence-electron chi connectivity index (χ4n) is 10.0. The number of ether oxygens (including phenoxy) is 3. The average molecular weight is 1100 g/mol. The first-order chi connectivity index (χ1) is 21.2. The minimum atomic E-state index is -1.32. The van der Waals surface area contributed by atoms with E-state index < -0.39 is 30.8 Å². The number of hydrogen-bond donors (Lipinski definition) is 3. The van der Waals surface area contributed by atoms with E-state index in [2.05, 4.69) is 101 Å². The number of fused-ring (bicyclic) bond motifs is 5. The van der Waals surface area contributed by atoms with Crippen molar-refractivity contribution in [2.45, 2.75) is 136 Å². The fourth-order valence-corrected chi connectivity index (χ4v) is 10.0. The fraction of sp³-hybridized carbons (Fsp3) is 0.882. The Kier molecular flexibility index (Phi) is 18.0. The largest absolute Gasteiger partial charge is 0 e. The summed E-state index contributed by atoms with van der Waals surface area (Å²) in [6.45, 7) is 12.0. The van der Waals surface area contributed by atoms with Gasteiger partial charge in [0.25, 0.3) is 0 Å². The number of aliphatic hydroxyl groups is 3. The third-order valence-corrected chi connectivity index (χ3v) is 12.3. The summed E-state index contributed by atoms with van der Waals surface area (Å²) in [5.41, 5.74) is 2.11. The maximum atomic E-state index is 12.5. The monoisotopic (exact) mass is 1100 g/mol. The van der Waals surface area contributed by atoms with Crippen molar-refractivity contribution in [1.82, 2.24) is 0 Å². The number of halogens is 3. The van der Waals surface area contributed by atoms with Gasteiger partial charge in [-0.3, -0.25) is 0 Å². The smallest absolute Gasteiger partial charge is 0 e. The molecule has 3 N–H and O–H groups in total. The van der Waals surface area contributed by atoms with Gasteiger partial charge in [-0.2, -0.15) is 0 Å². The van der Waals surface area contributed by atoms with Gasteiger partial charge in [0.2, 0.25) is 0 Å². The Morgan fingerprint density at radius 3 is 2.43 bits per heavy atom. The summed E-state index contributed by atoms with van der Waals surface area (Å²) in [4.78, 5) is 12.2. The zero-order valence-corrected chi connectivity index (χ0v) is 38.8. The summed E-state index contributed by atoms with van der Waals surface area (Å²) in [5, 5.41) is 29.5. The molecule has 1 aliphatic heterocycles. The molecule has 0 spiro atoms. The Labute approximate surface area is 340 Å². The van der Waals surface area contributed by atoms with Gasteiger partial charge in [0.15, 0.2) is 0 Å². The third kappa shape index (κ3) is 10.7. The van der Waals surface area contributed by atoms with Crippen molar-refractivity contribution in [2.24, 2.45) is 46.3 Å². The van der Waals surface area contributed by atoms with Gasteiger partial charge in [-0.15, -0.1) is 0 Å². The van der Waals surface area contributed by atoms with E-state index in [1.165, 1.54) is 50.5 Å². The van der Waals surface area contributed by atoms with Crippen LogP contribution in [-0.4, -0.2) is 58.8 Å². The molecule has 0 aromatic heterocycles. The number of carbonyl (C=O) groups excluding carboxylic acids is 1. The summed E-state index contributed by atoms with van der Waals surface area (Å²) in [6.07, 6.45) is 11.0. The molecule has 0 amide bonds. The first-order valence-corrected chi connectivity index (χ1v) is 30.5. The van der Waals surface area contributed by atoms with Crippen molar-refractivity contribution in [3.63, 3.8) is 0 Å². The Bertz CT molecular complexity index is 1020. The second kappa shape index (κ2) is 19.2. The Morgan fingerprint density at radius 1 is 1.07 bits per heavy atom. The third-order valence-electron chi connectivity index (χ3n) is 12.3. The average Bonchev–Trinajstić information content (AvgIpc) is 3.31. The second-order valence-corrected chi connectivity index (χ2v) is 50.6. The predicted octanol–water partition coefficient (Wildman–Crippen LogP) is 8.84. The minimum absolute atomic E-state index is 0. The Balaban J connectivity index is 0.00000109. The molecule has 4 fully saturated rings. The second-order valence-electron chi connectivity index (χ2n) is 15.3. The molecule has 12 heteroatoms. The zero-order valence-electron chi connectivity index (χ0n) is 28.1. The van der Waals surface area contributed by atoms with Crippen molar-refractivity contribution in [1.29, 1.82) is 0 Å². The molecule has 5 rings (SSSR count). The first kappa shape index (κ1) is 43.1. The molecule has 7 nitrogen and oxygen atoms in total. The molecule has 3 saturated carbocycles. The number of allylic oxidation sites excluding steroid dienone is 1. The van der Waals surface area contributed by atoms with Gasteiger partial charge >= 0.3 is 71.0 Å². The molecular weight excluding hydrogens is 1040 g/mol. The van der Waals surface area contributed by atoms with Crippen LogP contribution in [0.4, 0.5) is 4.79 Å². The van der Waals surface area contributed by atoms with E-state index in [0.29, 0.717) is 11.3 Å². The van der Waals surface area contributed by atoms with Crippen LogP contribution >= 0.6 is 59.9 Å². The zero-order chi connectivity index (χ0) is 33.1. The molecule has 46 heavy (non-hydrogen) atoms. The summed E-state index contributed by atoms with van der Waals surface area (Å²) in [5.74, 6) is 4.78. The molecule has 0 bridgehead atoms.